The van der Waals surface area contributed by atoms with E-state index in [1.54, 1.807) is 22.7 Å². The maximum Gasteiger partial charge on any atom is 0.307 e. The summed E-state index contributed by atoms with van der Waals surface area (Å²) in [6.07, 6.45) is 8.90. The average molecular weight is 457 g/mol. The number of allylic oxidation sites excluding steroid dienone is 2. The van der Waals surface area contributed by atoms with Gasteiger partial charge in [0.05, 0.1) is 11.8 Å². The maximum atomic E-state index is 13.5. The normalized spacial score (nSPS) is 28.4. The van der Waals surface area contributed by atoms with Gasteiger partial charge >= 0.3 is 5.97 Å². The molecule has 2 aromatic heterocycles. The van der Waals surface area contributed by atoms with E-state index in [0.29, 0.717) is 0 Å². The molecule has 2 bridgehead atoms. The Morgan fingerprint density at radius 2 is 1.90 bits per heavy atom. The van der Waals surface area contributed by atoms with Gasteiger partial charge in [0.15, 0.2) is 0 Å². The zero-order chi connectivity index (χ0) is 21.9. The molecule has 4 unspecified atom stereocenters. The van der Waals surface area contributed by atoms with E-state index < -0.39 is 17.8 Å². The summed E-state index contributed by atoms with van der Waals surface area (Å²) in [4.78, 5) is 31.6. The van der Waals surface area contributed by atoms with Crippen molar-refractivity contribution in [2.45, 2.75) is 52.9 Å². The van der Waals surface area contributed by atoms with Crippen LogP contribution in [0.15, 0.2) is 17.5 Å². The molecule has 2 aromatic rings. The van der Waals surface area contributed by atoms with E-state index >= 15 is 0 Å². The average Bonchev–Trinajstić information content (AvgIpc) is 3.29. The van der Waals surface area contributed by atoms with Crippen molar-refractivity contribution in [3.63, 3.8) is 0 Å². The third kappa shape index (κ3) is 3.65. The monoisotopic (exact) mass is 456 g/mol. The highest BCUT2D eigenvalue weighted by Gasteiger charge is 2.48. The van der Waals surface area contributed by atoms with Gasteiger partial charge in [0.1, 0.15) is 10.0 Å². The first-order chi connectivity index (χ1) is 14.7. The predicted molar refractivity (Wildman–Crippen MR) is 125 cm³/mol. The molecule has 4 aliphatic rings. The first-order valence-corrected chi connectivity index (χ1v) is 12.7. The summed E-state index contributed by atoms with van der Waals surface area (Å²) >= 11 is 3.27. The van der Waals surface area contributed by atoms with E-state index in [2.05, 4.69) is 25.2 Å². The van der Waals surface area contributed by atoms with Crippen molar-refractivity contribution < 1.29 is 14.7 Å². The van der Waals surface area contributed by atoms with Crippen molar-refractivity contribution >= 4 is 39.6 Å². The molecule has 0 aliphatic heterocycles. The number of carbonyl (C=O) groups excluding carboxylic acids is 1. The van der Waals surface area contributed by atoms with Gasteiger partial charge in [-0.25, -0.2) is 4.98 Å². The summed E-state index contributed by atoms with van der Waals surface area (Å²) in [7, 11) is 0. The molecule has 2 N–H and O–H groups in total. The number of hydrogen-bond donors (Lipinski definition) is 2. The van der Waals surface area contributed by atoms with Gasteiger partial charge in [-0.2, -0.15) is 0 Å². The minimum absolute atomic E-state index is 0.00479. The number of carbonyl (C=O) groups is 2. The zero-order valence-electron chi connectivity index (χ0n) is 18.1. The number of aromatic nitrogens is 1. The molecule has 7 heteroatoms. The van der Waals surface area contributed by atoms with E-state index in [9.17, 15) is 14.7 Å². The lowest BCUT2D eigenvalue weighted by Gasteiger charge is -2.41. The van der Waals surface area contributed by atoms with Crippen molar-refractivity contribution in [3.8, 4) is 10.6 Å². The Morgan fingerprint density at radius 1 is 1.19 bits per heavy atom. The van der Waals surface area contributed by atoms with Crippen molar-refractivity contribution in [3.05, 3.63) is 33.7 Å². The summed E-state index contributed by atoms with van der Waals surface area (Å²) in [5.41, 5.74) is 3.60. The number of fused-ring (bicyclic) bond motifs is 3. The molecule has 0 spiro atoms. The molecule has 1 amide bonds. The molecule has 0 radical (unpaired) electrons. The standard InChI is InChI=1S/C24H28N2O3S2/c1-12-11-30-21(25-12)19-15-8-9-24(2,3)10-16(15)31-22(19)26-20(27)17-13-4-6-14(7-5-13)18(17)23(28)29/h4,6,11,13-14,17-18H,5,7-10H2,1-3H3,(H,26,27)(H,28,29). The van der Waals surface area contributed by atoms with Crippen LogP contribution in [0.3, 0.4) is 0 Å². The fourth-order valence-corrected chi connectivity index (χ4v) is 8.02. The Morgan fingerprint density at radius 3 is 2.52 bits per heavy atom. The number of thiophene rings is 1. The van der Waals surface area contributed by atoms with Gasteiger partial charge < -0.3 is 10.4 Å². The van der Waals surface area contributed by atoms with Crippen LogP contribution >= 0.6 is 22.7 Å². The van der Waals surface area contributed by atoms with Gasteiger partial charge in [-0.3, -0.25) is 9.59 Å². The third-order valence-corrected chi connectivity index (χ3v) is 9.31. The number of thiazole rings is 1. The Labute approximate surface area is 190 Å². The van der Waals surface area contributed by atoms with E-state index in [-0.39, 0.29) is 23.2 Å². The van der Waals surface area contributed by atoms with E-state index in [1.807, 2.05) is 18.4 Å². The molecule has 1 fully saturated rings. The Bertz CT molecular complexity index is 1080. The second kappa shape index (κ2) is 7.55. The molecule has 4 aliphatic carbocycles. The first-order valence-electron chi connectivity index (χ1n) is 11.0. The summed E-state index contributed by atoms with van der Waals surface area (Å²) in [6, 6.07) is 0. The number of hydrogen-bond acceptors (Lipinski definition) is 5. The van der Waals surface area contributed by atoms with Crippen LogP contribution in [0.2, 0.25) is 0 Å². The van der Waals surface area contributed by atoms with Crippen LogP contribution < -0.4 is 5.32 Å². The van der Waals surface area contributed by atoms with E-state index in [4.69, 9.17) is 4.98 Å². The molecule has 0 saturated heterocycles. The fourth-order valence-electron chi connectivity index (χ4n) is 5.57. The number of aliphatic carboxylic acids is 1. The second-order valence-corrected chi connectivity index (χ2v) is 12.0. The minimum atomic E-state index is -0.859. The van der Waals surface area contributed by atoms with Gasteiger partial charge in [0.2, 0.25) is 5.91 Å². The van der Waals surface area contributed by atoms with E-state index in [0.717, 1.165) is 53.4 Å². The lowest BCUT2D eigenvalue weighted by atomic mass is 9.62. The molecular formula is C24H28N2O3S2. The van der Waals surface area contributed by atoms with Gasteiger partial charge in [-0.15, -0.1) is 22.7 Å². The number of aryl methyl sites for hydroxylation is 1. The van der Waals surface area contributed by atoms with Crippen LogP contribution in [0, 0.1) is 36.0 Å². The highest BCUT2D eigenvalue weighted by molar-refractivity contribution is 7.18. The van der Waals surface area contributed by atoms with Crippen LogP contribution in [0.1, 0.15) is 49.2 Å². The molecule has 164 valence electrons. The number of rotatable bonds is 4. The molecule has 1 saturated carbocycles. The maximum absolute atomic E-state index is 13.5. The highest BCUT2D eigenvalue weighted by Crippen LogP contribution is 2.50. The third-order valence-electron chi connectivity index (χ3n) is 7.19. The number of anilines is 1. The van der Waals surface area contributed by atoms with Crippen molar-refractivity contribution in [2.24, 2.45) is 29.1 Å². The smallest absolute Gasteiger partial charge is 0.307 e. The number of nitrogens with one attached hydrogen (secondary N) is 1. The summed E-state index contributed by atoms with van der Waals surface area (Å²) in [5.74, 6) is -2.20. The topological polar surface area (TPSA) is 79.3 Å². The Hall–Kier alpha value is -1.99. The highest BCUT2D eigenvalue weighted by atomic mass is 32.1. The van der Waals surface area contributed by atoms with Crippen molar-refractivity contribution in [2.75, 3.05) is 5.32 Å². The Balaban J connectivity index is 1.52. The molecule has 31 heavy (non-hydrogen) atoms. The number of carboxylic acid groups (broad SMARTS) is 1. The van der Waals surface area contributed by atoms with Crippen LogP contribution in [-0.4, -0.2) is 22.0 Å². The number of nitrogens with zero attached hydrogens (tertiary/aromatic N) is 1. The first kappa shape index (κ1) is 20.9. The fraction of sp³-hybridized carbons (Fsp3) is 0.542. The molecular weight excluding hydrogens is 428 g/mol. The number of carboxylic acids is 1. The van der Waals surface area contributed by atoms with E-state index in [1.165, 1.54) is 10.4 Å². The van der Waals surface area contributed by atoms with Gasteiger partial charge in [0.25, 0.3) is 0 Å². The van der Waals surface area contributed by atoms with Crippen LogP contribution in [0.5, 0.6) is 0 Å². The SMILES string of the molecule is Cc1csc(-c2c(NC(=O)C3C4C=CC(CC4)C3C(=O)O)sc3c2CCC(C)(C)C3)n1. The molecule has 5 nitrogen and oxygen atoms in total. The molecule has 0 aromatic carbocycles. The summed E-state index contributed by atoms with van der Waals surface area (Å²) in [6.45, 7) is 6.58. The number of amides is 1. The van der Waals surface area contributed by atoms with Crippen molar-refractivity contribution in [1.82, 2.24) is 4.98 Å². The van der Waals surface area contributed by atoms with Gasteiger partial charge in [-0.1, -0.05) is 26.0 Å². The Kier molecular flexibility index (Phi) is 5.09. The zero-order valence-corrected chi connectivity index (χ0v) is 19.7. The summed E-state index contributed by atoms with van der Waals surface area (Å²) in [5, 5.41) is 16.9. The lowest BCUT2D eigenvalue weighted by Crippen LogP contribution is -2.47. The quantitative estimate of drug-likeness (QED) is 0.592. The van der Waals surface area contributed by atoms with Crippen LogP contribution in [0.25, 0.3) is 10.6 Å². The second-order valence-electron chi connectivity index (χ2n) is 10.0. The van der Waals surface area contributed by atoms with Gasteiger partial charge in [0, 0.05) is 21.5 Å². The lowest BCUT2D eigenvalue weighted by molar-refractivity contribution is -0.151. The van der Waals surface area contributed by atoms with Crippen molar-refractivity contribution in [1.29, 1.82) is 0 Å². The van der Waals surface area contributed by atoms with Crippen LogP contribution in [-0.2, 0) is 22.4 Å². The summed E-state index contributed by atoms with van der Waals surface area (Å²) < 4.78 is 0. The molecule has 2 heterocycles. The van der Waals surface area contributed by atoms with Gasteiger partial charge in [-0.05, 0) is 61.8 Å². The largest absolute Gasteiger partial charge is 0.481 e. The predicted octanol–water partition coefficient (Wildman–Crippen LogP) is 5.55. The molecule has 4 atom stereocenters. The molecule has 6 rings (SSSR count). The van der Waals surface area contributed by atoms with Crippen LogP contribution in [0.4, 0.5) is 5.00 Å². The minimum Gasteiger partial charge on any atom is -0.481 e.